The molecule has 0 saturated carbocycles. The Morgan fingerprint density at radius 2 is 2.38 bits per heavy atom. The number of aromatic carboxylic acids is 1. The first-order valence-corrected chi connectivity index (χ1v) is 3.38. The predicted octanol–water partition coefficient (Wildman–Crippen LogP) is -4.07. The van der Waals surface area contributed by atoms with Crippen LogP contribution in [-0.4, -0.2) is 22.9 Å². The summed E-state index contributed by atoms with van der Waals surface area (Å²) in [5.41, 5.74) is 0.640. The fourth-order valence-electron chi connectivity index (χ4n) is 0.936. The number of ether oxygens (including phenoxy) is 1. The number of nitrogens with zero attached hydrogens (tertiary/aromatic N) is 2. The van der Waals surface area contributed by atoms with Crippen molar-refractivity contribution in [1.29, 1.82) is 0 Å². The van der Waals surface area contributed by atoms with Gasteiger partial charge in [-0.25, -0.2) is 0 Å². The number of aryl methyl sites for hydroxylation is 1. The summed E-state index contributed by atoms with van der Waals surface area (Å²) in [4.78, 5) is 10.4. The van der Waals surface area contributed by atoms with E-state index in [0.29, 0.717) is 12.3 Å². The van der Waals surface area contributed by atoms with Gasteiger partial charge in [0.1, 0.15) is 0 Å². The smallest absolute Gasteiger partial charge is 0.543 e. The van der Waals surface area contributed by atoms with Crippen molar-refractivity contribution in [2.45, 2.75) is 6.61 Å². The molecule has 0 aliphatic heterocycles. The largest absolute Gasteiger partial charge is 1.00 e. The molecule has 5 nitrogen and oxygen atoms in total. The quantitative estimate of drug-likeness (QED) is 0.439. The zero-order valence-corrected chi connectivity index (χ0v) is 7.90. The minimum Gasteiger partial charge on any atom is -0.543 e. The monoisotopic (exact) mass is 176 g/mol. The first-order valence-electron chi connectivity index (χ1n) is 3.38. The van der Waals surface area contributed by atoms with Gasteiger partial charge in [0.05, 0.1) is 24.0 Å². The summed E-state index contributed by atoms with van der Waals surface area (Å²) in [6, 6.07) is 1.43. The molecule has 0 radical (unpaired) electrons. The number of methoxy groups -OCH3 is 1. The average Bonchev–Trinajstić information content (AvgIpc) is 2.32. The van der Waals surface area contributed by atoms with Crippen molar-refractivity contribution < 1.29 is 33.5 Å². The summed E-state index contributed by atoms with van der Waals surface area (Å²) in [6.07, 6.45) is 0. The normalized spacial score (nSPS) is 9.38. The van der Waals surface area contributed by atoms with E-state index >= 15 is 0 Å². The van der Waals surface area contributed by atoms with E-state index in [1.807, 2.05) is 0 Å². The van der Waals surface area contributed by atoms with Gasteiger partial charge in [-0.2, -0.15) is 5.10 Å². The summed E-state index contributed by atoms with van der Waals surface area (Å²) in [5.74, 6) is -1.23. The number of carboxylic acid groups (broad SMARTS) is 1. The van der Waals surface area contributed by atoms with Crippen molar-refractivity contribution in [3.63, 3.8) is 0 Å². The molecule has 13 heavy (non-hydrogen) atoms. The Labute approximate surface area is 87.9 Å². The van der Waals surface area contributed by atoms with Crippen LogP contribution in [0.5, 0.6) is 0 Å². The number of hydrogen-bond donors (Lipinski definition) is 0. The maximum atomic E-state index is 10.4. The second-order valence-electron chi connectivity index (χ2n) is 2.36. The molecular formula is C7H9LiN2O3. The van der Waals surface area contributed by atoms with E-state index in [-0.39, 0.29) is 24.6 Å². The summed E-state index contributed by atoms with van der Waals surface area (Å²) >= 11 is 0. The molecule has 66 valence electrons. The number of carboxylic acids is 1. The van der Waals surface area contributed by atoms with Gasteiger partial charge >= 0.3 is 18.9 Å². The molecule has 0 N–H and O–H groups in total. The Hall–Kier alpha value is -0.763. The number of rotatable bonds is 3. The van der Waals surface area contributed by atoms with Crippen LogP contribution in [0.25, 0.3) is 0 Å². The van der Waals surface area contributed by atoms with Gasteiger partial charge in [-0.05, 0) is 6.07 Å². The van der Waals surface area contributed by atoms with Crippen molar-refractivity contribution in [3.8, 4) is 0 Å². The molecule has 0 aliphatic carbocycles. The maximum Gasteiger partial charge on any atom is 1.00 e. The fourth-order valence-corrected chi connectivity index (χ4v) is 0.936. The van der Waals surface area contributed by atoms with Crippen LogP contribution in [-0.2, 0) is 18.4 Å². The van der Waals surface area contributed by atoms with Crippen LogP contribution < -0.4 is 24.0 Å². The Balaban J connectivity index is 0.00000144. The topological polar surface area (TPSA) is 67.2 Å². The summed E-state index contributed by atoms with van der Waals surface area (Å²) < 4.78 is 6.04. The van der Waals surface area contributed by atoms with Crippen LogP contribution in [0, 0.1) is 0 Å². The summed E-state index contributed by atoms with van der Waals surface area (Å²) in [7, 11) is 3.07. The van der Waals surface area contributed by atoms with Gasteiger partial charge < -0.3 is 14.6 Å². The van der Waals surface area contributed by atoms with Crippen LogP contribution in [0.1, 0.15) is 16.2 Å². The van der Waals surface area contributed by atoms with E-state index in [9.17, 15) is 9.90 Å². The Bertz CT molecular complexity index is 298. The Kier molecular flexibility index (Phi) is 4.77. The van der Waals surface area contributed by atoms with Crippen LogP contribution >= 0.6 is 0 Å². The number of carbonyl (C=O) groups is 1. The molecule has 1 aromatic heterocycles. The van der Waals surface area contributed by atoms with Gasteiger partial charge in [-0.15, -0.1) is 0 Å². The van der Waals surface area contributed by atoms with Gasteiger partial charge in [0.15, 0.2) is 0 Å². The second kappa shape index (κ2) is 5.07. The maximum absolute atomic E-state index is 10.4. The van der Waals surface area contributed by atoms with E-state index < -0.39 is 5.97 Å². The molecule has 0 aromatic carbocycles. The molecule has 0 fully saturated rings. The molecule has 0 spiro atoms. The molecule has 0 unspecified atom stereocenters. The third-order valence-electron chi connectivity index (χ3n) is 1.43. The van der Waals surface area contributed by atoms with Crippen molar-refractivity contribution in [3.05, 3.63) is 17.5 Å². The molecule has 0 amide bonds. The van der Waals surface area contributed by atoms with Crippen LogP contribution in [0.15, 0.2) is 6.07 Å². The van der Waals surface area contributed by atoms with Crippen molar-refractivity contribution in [1.82, 2.24) is 9.78 Å². The van der Waals surface area contributed by atoms with Gasteiger partial charge in [0, 0.05) is 14.2 Å². The van der Waals surface area contributed by atoms with Gasteiger partial charge in [-0.1, -0.05) is 0 Å². The average molecular weight is 176 g/mol. The SMILES string of the molecule is COCc1cc(C(=O)[O-])n(C)n1.[Li+]. The summed E-state index contributed by atoms with van der Waals surface area (Å²) in [5, 5.41) is 14.3. The number of hydrogen-bond acceptors (Lipinski definition) is 4. The summed E-state index contributed by atoms with van der Waals surface area (Å²) in [6.45, 7) is 0.307. The van der Waals surface area contributed by atoms with Crippen LogP contribution in [0.2, 0.25) is 0 Å². The van der Waals surface area contributed by atoms with Crippen molar-refractivity contribution in [2.24, 2.45) is 7.05 Å². The third kappa shape index (κ3) is 2.88. The van der Waals surface area contributed by atoms with Gasteiger partial charge in [0.2, 0.25) is 0 Å². The fraction of sp³-hybridized carbons (Fsp3) is 0.429. The van der Waals surface area contributed by atoms with E-state index in [0.717, 1.165) is 0 Å². The zero-order chi connectivity index (χ0) is 9.14. The second-order valence-corrected chi connectivity index (χ2v) is 2.36. The molecule has 1 aromatic rings. The van der Waals surface area contributed by atoms with E-state index in [4.69, 9.17) is 4.74 Å². The van der Waals surface area contributed by atoms with E-state index in [2.05, 4.69) is 5.10 Å². The molecule has 6 heteroatoms. The Morgan fingerprint density at radius 1 is 1.77 bits per heavy atom. The molecule has 0 saturated heterocycles. The number of aromatic nitrogens is 2. The Morgan fingerprint density at radius 3 is 2.77 bits per heavy atom. The third-order valence-corrected chi connectivity index (χ3v) is 1.43. The predicted molar refractivity (Wildman–Crippen MR) is 38.3 cm³/mol. The molecule has 1 heterocycles. The van der Waals surface area contributed by atoms with Crippen LogP contribution in [0.4, 0.5) is 0 Å². The van der Waals surface area contributed by atoms with Gasteiger partial charge in [-0.3, -0.25) is 4.68 Å². The van der Waals surface area contributed by atoms with Crippen molar-refractivity contribution >= 4 is 5.97 Å². The van der Waals surface area contributed by atoms with E-state index in [1.165, 1.54) is 17.9 Å². The molecule has 0 atom stereocenters. The molecule has 0 bridgehead atoms. The van der Waals surface area contributed by atoms with Crippen LogP contribution in [0.3, 0.4) is 0 Å². The number of carbonyl (C=O) groups excluding carboxylic acids is 1. The zero-order valence-electron chi connectivity index (χ0n) is 7.90. The van der Waals surface area contributed by atoms with Gasteiger partial charge in [0.25, 0.3) is 0 Å². The standard InChI is InChI=1S/C7H10N2O3.Li/c1-9-6(7(10)11)3-5(8-9)4-12-2;/h3H,4H2,1-2H3,(H,10,11);/q;+1/p-1. The van der Waals surface area contributed by atoms with E-state index in [1.54, 1.807) is 7.05 Å². The minimum atomic E-state index is -1.23. The molecule has 0 aliphatic rings. The minimum absolute atomic E-state index is 0. The first-order chi connectivity index (χ1) is 5.65. The first kappa shape index (κ1) is 12.2. The van der Waals surface area contributed by atoms with Crippen molar-refractivity contribution in [2.75, 3.05) is 7.11 Å². The molecular weight excluding hydrogens is 167 g/mol. The molecule has 1 rings (SSSR count).